The van der Waals surface area contributed by atoms with E-state index in [0.29, 0.717) is 0 Å². The van der Waals surface area contributed by atoms with Crippen LogP contribution in [0.25, 0.3) is 0 Å². The van der Waals surface area contributed by atoms with E-state index in [4.69, 9.17) is 10.9 Å². The molecule has 4 nitrogen and oxygen atoms in total. The lowest BCUT2D eigenvalue weighted by Gasteiger charge is -2.24. The van der Waals surface area contributed by atoms with Gasteiger partial charge in [0, 0.05) is 25.2 Å². The van der Waals surface area contributed by atoms with Crippen LogP contribution in [-0.4, -0.2) is 24.6 Å². The number of oxime groups is 1. The maximum atomic E-state index is 8.62. The molecule has 4 heteroatoms. The average Bonchev–Trinajstić information content (AvgIpc) is 2.27. The third-order valence-electron chi connectivity index (χ3n) is 2.93. The van der Waals surface area contributed by atoms with Gasteiger partial charge in [-0.05, 0) is 25.5 Å². The van der Waals surface area contributed by atoms with Crippen LogP contribution in [0, 0.1) is 19.8 Å². The van der Waals surface area contributed by atoms with E-state index >= 15 is 0 Å². The summed E-state index contributed by atoms with van der Waals surface area (Å²) in [4.78, 5) is 2.12. The molecule has 1 aromatic rings. The van der Waals surface area contributed by atoms with Gasteiger partial charge in [-0.2, -0.15) is 0 Å². The van der Waals surface area contributed by atoms with Gasteiger partial charge in [0.25, 0.3) is 0 Å². The van der Waals surface area contributed by atoms with E-state index in [1.807, 2.05) is 14.0 Å². The van der Waals surface area contributed by atoms with E-state index in [-0.39, 0.29) is 11.8 Å². The van der Waals surface area contributed by atoms with Gasteiger partial charge in [0.15, 0.2) is 0 Å². The van der Waals surface area contributed by atoms with Crippen LogP contribution in [-0.2, 0) is 0 Å². The largest absolute Gasteiger partial charge is 0.409 e. The van der Waals surface area contributed by atoms with Gasteiger partial charge in [-0.1, -0.05) is 29.8 Å². The second kappa shape index (κ2) is 5.57. The molecule has 1 unspecified atom stereocenters. The van der Waals surface area contributed by atoms with Crippen molar-refractivity contribution in [2.45, 2.75) is 20.8 Å². The lowest BCUT2D eigenvalue weighted by atomic mass is 10.1. The Kier molecular flexibility index (Phi) is 4.37. The normalized spacial score (nSPS) is 13.5. The first kappa shape index (κ1) is 13.4. The highest BCUT2D eigenvalue weighted by Gasteiger charge is 2.12. The van der Waals surface area contributed by atoms with Crippen molar-refractivity contribution in [2.24, 2.45) is 16.8 Å². The number of hydrogen-bond acceptors (Lipinski definition) is 3. The lowest BCUT2D eigenvalue weighted by Crippen LogP contribution is -2.33. The maximum absolute atomic E-state index is 8.62. The standard InChI is InChI=1S/C13H21N3O/c1-9-5-6-12(10(2)7-9)16(4)8-11(3)13(14)15-17/h5-7,11,17H,8H2,1-4H3,(H2,14,15). The van der Waals surface area contributed by atoms with Crippen LogP contribution in [0.3, 0.4) is 0 Å². The summed E-state index contributed by atoms with van der Waals surface area (Å²) in [7, 11) is 2.01. The molecule has 0 bridgehead atoms. The van der Waals surface area contributed by atoms with E-state index in [1.165, 1.54) is 16.8 Å². The van der Waals surface area contributed by atoms with Crippen LogP contribution in [0.15, 0.2) is 23.4 Å². The fraction of sp³-hybridized carbons (Fsp3) is 0.462. The van der Waals surface area contributed by atoms with Gasteiger partial charge in [-0.25, -0.2) is 0 Å². The minimum Gasteiger partial charge on any atom is -0.409 e. The molecule has 3 N–H and O–H groups in total. The SMILES string of the molecule is Cc1ccc(N(C)CC(C)C(N)=NO)c(C)c1. The van der Waals surface area contributed by atoms with Crippen molar-refractivity contribution in [3.05, 3.63) is 29.3 Å². The monoisotopic (exact) mass is 235 g/mol. The first-order valence-corrected chi connectivity index (χ1v) is 5.71. The highest BCUT2D eigenvalue weighted by Crippen LogP contribution is 2.20. The summed E-state index contributed by atoms with van der Waals surface area (Å²) in [5, 5.41) is 11.7. The van der Waals surface area contributed by atoms with Crippen LogP contribution in [0.4, 0.5) is 5.69 Å². The second-order valence-electron chi connectivity index (χ2n) is 4.60. The van der Waals surface area contributed by atoms with Gasteiger partial charge in [-0.3, -0.25) is 0 Å². The lowest BCUT2D eigenvalue weighted by molar-refractivity contribution is 0.314. The molecule has 0 aliphatic carbocycles. The van der Waals surface area contributed by atoms with Crippen molar-refractivity contribution >= 4 is 11.5 Å². The molecule has 0 heterocycles. The molecule has 0 saturated heterocycles. The number of nitrogens with two attached hydrogens (primary N) is 1. The molecule has 17 heavy (non-hydrogen) atoms. The summed E-state index contributed by atoms with van der Waals surface area (Å²) in [6.45, 7) is 6.83. The molecule has 1 atom stereocenters. The van der Waals surface area contributed by atoms with Gasteiger partial charge < -0.3 is 15.8 Å². The highest BCUT2D eigenvalue weighted by molar-refractivity contribution is 5.82. The topological polar surface area (TPSA) is 61.8 Å². The van der Waals surface area contributed by atoms with E-state index in [1.54, 1.807) is 0 Å². The van der Waals surface area contributed by atoms with Gasteiger partial charge in [0.2, 0.25) is 0 Å². The number of aryl methyl sites for hydroxylation is 2. The van der Waals surface area contributed by atoms with E-state index in [9.17, 15) is 0 Å². The Morgan fingerprint density at radius 3 is 2.65 bits per heavy atom. The van der Waals surface area contributed by atoms with Crippen LogP contribution < -0.4 is 10.6 Å². The Labute approximate surface area is 103 Å². The number of hydrogen-bond donors (Lipinski definition) is 2. The van der Waals surface area contributed by atoms with Crippen LogP contribution in [0.1, 0.15) is 18.1 Å². The fourth-order valence-electron chi connectivity index (χ4n) is 1.93. The smallest absolute Gasteiger partial charge is 0.143 e. The summed E-state index contributed by atoms with van der Waals surface area (Å²) in [6.07, 6.45) is 0. The van der Waals surface area contributed by atoms with E-state index in [2.05, 4.69) is 42.1 Å². The summed E-state index contributed by atoms with van der Waals surface area (Å²) in [6, 6.07) is 6.34. The number of nitrogens with zero attached hydrogens (tertiary/aromatic N) is 2. The van der Waals surface area contributed by atoms with Crippen molar-refractivity contribution in [1.29, 1.82) is 0 Å². The average molecular weight is 235 g/mol. The van der Waals surface area contributed by atoms with Crippen molar-refractivity contribution < 1.29 is 5.21 Å². The van der Waals surface area contributed by atoms with Gasteiger partial charge >= 0.3 is 0 Å². The van der Waals surface area contributed by atoms with Gasteiger partial charge in [0.1, 0.15) is 5.84 Å². The van der Waals surface area contributed by atoms with Crippen LogP contribution in [0.2, 0.25) is 0 Å². The highest BCUT2D eigenvalue weighted by atomic mass is 16.4. The molecule has 0 amide bonds. The number of benzene rings is 1. The molecule has 0 fully saturated rings. The van der Waals surface area contributed by atoms with Crippen LogP contribution >= 0.6 is 0 Å². The molecule has 0 spiro atoms. The molecular formula is C13H21N3O. The Balaban J connectivity index is 2.79. The van der Waals surface area contributed by atoms with Crippen molar-refractivity contribution in [1.82, 2.24) is 0 Å². The molecular weight excluding hydrogens is 214 g/mol. The molecule has 1 rings (SSSR count). The number of rotatable bonds is 4. The Hall–Kier alpha value is -1.71. The van der Waals surface area contributed by atoms with Crippen LogP contribution in [0.5, 0.6) is 0 Å². The molecule has 0 saturated carbocycles. The zero-order chi connectivity index (χ0) is 13.0. The minimum absolute atomic E-state index is 0.0192. The Morgan fingerprint density at radius 1 is 1.47 bits per heavy atom. The number of amidine groups is 1. The van der Waals surface area contributed by atoms with Gasteiger partial charge in [0.05, 0.1) is 0 Å². The summed E-state index contributed by atoms with van der Waals surface area (Å²) >= 11 is 0. The second-order valence-corrected chi connectivity index (χ2v) is 4.60. The summed E-state index contributed by atoms with van der Waals surface area (Å²) in [5.41, 5.74) is 9.24. The number of anilines is 1. The predicted octanol–water partition coefficient (Wildman–Crippen LogP) is 2.12. The zero-order valence-electron chi connectivity index (χ0n) is 10.9. The Morgan fingerprint density at radius 2 is 2.12 bits per heavy atom. The molecule has 0 aromatic heterocycles. The third kappa shape index (κ3) is 3.37. The molecule has 1 aromatic carbocycles. The molecule has 94 valence electrons. The quantitative estimate of drug-likeness (QED) is 0.364. The minimum atomic E-state index is 0.0192. The molecule has 0 aliphatic heterocycles. The van der Waals surface area contributed by atoms with E-state index < -0.39 is 0 Å². The summed E-state index contributed by atoms with van der Waals surface area (Å²) < 4.78 is 0. The van der Waals surface area contributed by atoms with Crippen molar-refractivity contribution in [3.8, 4) is 0 Å². The zero-order valence-corrected chi connectivity index (χ0v) is 10.9. The predicted molar refractivity (Wildman–Crippen MR) is 71.8 cm³/mol. The van der Waals surface area contributed by atoms with E-state index in [0.717, 1.165) is 6.54 Å². The first-order chi connectivity index (χ1) is 7.95. The third-order valence-corrected chi connectivity index (χ3v) is 2.93. The molecule has 0 aliphatic rings. The molecule has 0 radical (unpaired) electrons. The first-order valence-electron chi connectivity index (χ1n) is 5.71. The summed E-state index contributed by atoms with van der Waals surface area (Å²) in [5.74, 6) is 0.285. The van der Waals surface area contributed by atoms with Crippen molar-refractivity contribution in [2.75, 3.05) is 18.5 Å². The fourth-order valence-corrected chi connectivity index (χ4v) is 1.93. The van der Waals surface area contributed by atoms with Gasteiger partial charge in [-0.15, -0.1) is 0 Å². The maximum Gasteiger partial charge on any atom is 0.143 e. The van der Waals surface area contributed by atoms with Crippen molar-refractivity contribution in [3.63, 3.8) is 0 Å². The Bertz CT molecular complexity index is 415.